The number of amides is 2. The molecule has 1 rings (SSSR count). The van der Waals surface area contributed by atoms with Gasteiger partial charge in [0.25, 0.3) is 11.8 Å². The summed E-state index contributed by atoms with van der Waals surface area (Å²) >= 11 is 1.10. The number of primary amides is 1. The highest BCUT2D eigenvalue weighted by molar-refractivity contribution is 7.19. The van der Waals surface area contributed by atoms with E-state index in [4.69, 9.17) is 11.5 Å². The molecule has 0 aliphatic rings. The van der Waals surface area contributed by atoms with Crippen LogP contribution < -0.4 is 22.1 Å². The molecule has 1 unspecified atom stereocenters. The van der Waals surface area contributed by atoms with Gasteiger partial charge in [0, 0.05) is 19.6 Å². The van der Waals surface area contributed by atoms with Crippen LogP contribution in [0, 0.1) is 0 Å². The maximum Gasteiger partial charge on any atom is 0.260 e. The zero-order valence-electron chi connectivity index (χ0n) is 12.1. The summed E-state index contributed by atoms with van der Waals surface area (Å²) in [5.41, 5.74) is 11.5. The predicted molar refractivity (Wildman–Crippen MR) is 82.3 cm³/mol. The predicted octanol–water partition coefficient (Wildman–Crippen LogP) is 0.151. The molecular weight excluding hydrogens is 278 g/mol. The van der Waals surface area contributed by atoms with Gasteiger partial charge in [-0.2, -0.15) is 0 Å². The normalized spacial score (nSPS) is 12.2. The highest BCUT2D eigenvalue weighted by Gasteiger charge is 2.24. The molecule has 0 aliphatic carbocycles. The molecule has 0 radical (unpaired) electrons. The van der Waals surface area contributed by atoms with E-state index in [9.17, 15) is 9.59 Å². The molecule has 0 aromatic carbocycles. The Balaban J connectivity index is 3.08. The van der Waals surface area contributed by atoms with E-state index in [2.05, 4.69) is 10.6 Å². The number of rotatable bonds is 6. The molecule has 0 fully saturated rings. The van der Waals surface area contributed by atoms with Crippen LogP contribution in [0.2, 0.25) is 0 Å². The highest BCUT2D eigenvalue weighted by atomic mass is 32.1. The summed E-state index contributed by atoms with van der Waals surface area (Å²) in [6.07, 6.45) is 0. The largest absolute Gasteiger partial charge is 0.397 e. The number of thiophene rings is 1. The van der Waals surface area contributed by atoms with Gasteiger partial charge in [0.15, 0.2) is 0 Å². The third kappa shape index (κ3) is 3.40. The average molecular weight is 299 g/mol. The van der Waals surface area contributed by atoms with Crippen molar-refractivity contribution in [3.05, 3.63) is 10.4 Å². The molecule has 1 aromatic rings. The van der Waals surface area contributed by atoms with Gasteiger partial charge in [-0.15, -0.1) is 11.3 Å². The Morgan fingerprint density at radius 2 is 2.00 bits per heavy atom. The first-order chi connectivity index (χ1) is 9.29. The molecular formula is C12H21N5O2S. The number of hydrogen-bond acceptors (Lipinski definition) is 6. The Bertz CT molecular complexity index is 512. The quantitative estimate of drug-likeness (QED) is 0.597. The number of nitrogens with one attached hydrogen (secondary N) is 2. The minimum absolute atomic E-state index is 0.127. The van der Waals surface area contributed by atoms with Crippen LogP contribution in [0.5, 0.6) is 0 Å². The Labute approximate surface area is 122 Å². The molecule has 0 spiro atoms. The van der Waals surface area contributed by atoms with Crippen molar-refractivity contribution in [2.75, 3.05) is 38.7 Å². The minimum atomic E-state index is -0.633. The maximum atomic E-state index is 11.9. The number of likely N-dealkylation sites (N-methyl/N-ethyl adjacent to an activating group) is 1. The number of hydrogen-bond donors (Lipinski definition) is 4. The summed E-state index contributed by atoms with van der Waals surface area (Å²) in [5.74, 6) is -0.974. The van der Waals surface area contributed by atoms with Gasteiger partial charge in [-0.05, 0) is 21.0 Å². The van der Waals surface area contributed by atoms with Gasteiger partial charge in [-0.1, -0.05) is 0 Å². The SMILES string of the molecule is CNC(=O)c1c(NCC(C)N(C)C)sc(C(N)=O)c1N. The first-order valence-electron chi connectivity index (χ1n) is 6.14. The fourth-order valence-corrected chi connectivity index (χ4v) is 2.50. The van der Waals surface area contributed by atoms with Crippen molar-refractivity contribution in [3.63, 3.8) is 0 Å². The van der Waals surface area contributed by atoms with Gasteiger partial charge in [0.1, 0.15) is 9.88 Å². The molecule has 0 aliphatic heterocycles. The zero-order valence-corrected chi connectivity index (χ0v) is 12.9. The van der Waals surface area contributed by atoms with Gasteiger partial charge in [-0.3, -0.25) is 9.59 Å². The summed E-state index contributed by atoms with van der Waals surface area (Å²) in [6, 6.07) is 0.257. The zero-order chi connectivity index (χ0) is 15.4. The van der Waals surface area contributed by atoms with E-state index in [-0.39, 0.29) is 28.1 Å². The van der Waals surface area contributed by atoms with Gasteiger partial charge in [0.05, 0.1) is 11.3 Å². The average Bonchev–Trinajstić information content (AvgIpc) is 2.72. The van der Waals surface area contributed by atoms with Crippen LogP contribution in [0.3, 0.4) is 0 Å². The van der Waals surface area contributed by atoms with Gasteiger partial charge in [-0.25, -0.2) is 0 Å². The first-order valence-corrected chi connectivity index (χ1v) is 6.95. The van der Waals surface area contributed by atoms with Crippen LogP contribution in [-0.2, 0) is 0 Å². The summed E-state index contributed by atoms with van der Waals surface area (Å²) < 4.78 is 0. The van der Waals surface area contributed by atoms with Crippen LogP contribution in [0.4, 0.5) is 10.7 Å². The Hall–Kier alpha value is -1.80. The molecule has 7 nitrogen and oxygen atoms in total. The van der Waals surface area contributed by atoms with E-state index in [0.717, 1.165) is 11.3 Å². The molecule has 112 valence electrons. The smallest absolute Gasteiger partial charge is 0.260 e. The standard InChI is InChI=1S/C12H21N5O2S/c1-6(17(3)4)5-16-12-7(11(19)15-2)8(13)9(20-12)10(14)18/h6,16H,5,13H2,1-4H3,(H2,14,18)(H,15,19). The lowest BCUT2D eigenvalue weighted by atomic mass is 10.2. The van der Waals surface area contributed by atoms with Crippen LogP contribution in [0.25, 0.3) is 0 Å². The van der Waals surface area contributed by atoms with Crippen molar-refractivity contribution in [1.29, 1.82) is 0 Å². The molecule has 20 heavy (non-hydrogen) atoms. The van der Waals surface area contributed by atoms with Crippen molar-refractivity contribution >= 4 is 33.8 Å². The molecule has 1 heterocycles. The highest BCUT2D eigenvalue weighted by Crippen LogP contribution is 2.35. The first kappa shape index (κ1) is 16.3. The lowest BCUT2D eigenvalue weighted by molar-refractivity contribution is 0.0965. The summed E-state index contributed by atoms with van der Waals surface area (Å²) in [5, 5.41) is 6.22. The van der Waals surface area contributed by atoms with E-state index in [1.807, 2.05) is 25.9 Å². The second-order valence-electron chi connectivity index (χ2n) is 4.69. The second-order valence-corrected chi connectivity index (χ2v) is 5.71. The van der Waals surface area contributed by atoms with Gasteiger partial charge < -0.3 is 27.0 Å². The maximum absolute atomic E-state index is 11.9. The molecule has 6 N–H and O–H groups in total. The van der Waals surface area contributed by atoms with E-state index in [1.54, 1.807) is 0 Å². The number of nitrogen functional groups attached to an aromatic ring is 1. The summed E-state index contributed by atoms with van der Waals surface area (Å²) in [4.78, 5) is 25.5. The Morgan fingerprint density at radius 3 is 2.45 bits per heavy atom. The van der Waals surface area contributed by atoms with Crippen LogP contribution in [0.15, 0.2) is 0 Å². The monoisotopic (exact) mass is 299 g/mol. The van der Waals surface area contributed by atoms with Crippen LogP contribution >= 0.6 is 11.3 Å². The number of carbonyl (C=O) groups excluding carboxylic acids is 2. The van der Waals surface area contributed by atoms with Crippen molar-refractivity contribution in [2.45, 2.75) is 13.0 Å². The molecule has 8 heteroatoms. The van der Waals surface area contributed by atoms with E-state index >= 15 is 0 Å². The number of anilines is 2. The number of nitrogens with two attached hydrogens (primary N) is 2. The van der Waals surface area contributed by atoms with Crippen molar-refractivity contribution in [3.8, 4) is 0 Å². The van der Waals surface area contributed by atoms with E-state index in [1.165, 1.54) is 7.05 Å². The lowest BCUT2D eigenvalue weighted by Crippen LogP contribution is -2.31. The molecule has 0 saturated heterocycles. The van der Waals surface area contributed by atoms with Gasteiger partial charge in [0.2, 0.25) is 0 Å². The minimum Gasteiger partial charge on any atom is -0.397 e. The van der Waals surface area contributed by atoms with Crippen LogP contribution in [-0.4, -0.2) is 50.4 Å². The fourth-order valence-electron chi connectivity index (χ4n) is 1.52. The van der Waals surface area contributed by atoms with Crippen molar-refractivity contribution in [1.82, 2.24) is 10.2 Å². The Kier molecular flexibility index (Phi) is 5.34. The van der Waals surface area contributed by atoms with Gasteiger partial charge >= 0.3 is 0 Å². The molecule has 0 bridgehead atoms. The summed E-state index contributed by atoms with van der Waals surface area (Å²) in [7, 11) is 5.43. The molecule has 2 amide bonds. The summed E-state index contributed by atoms with van der Waals surface area (Å²) in [6.45, 7) is 2.66. The Morgan fingerprint density at radius 1 is 1.40 bits per heavy atom. The lowest BCUT2D eigenvalue weighted by Gasteiger charge is -2.20. The topological polar surface area (TPSA) is 113 Å². The van der Waals surface area contributed by atoms with Crippen LogP contribution in [0.1, 0.15) is 27.0 Å². The second kappa shape index (κ2) is 6.58. The number of carbonyl (C=O) groups is 2. The third-order valence-electron chi connectivity index (χ3n) is 3.06. The molecule has 1 atom stereocenters. The van der Waals surface area contributed by atoms with E-state index in [0.29, 0.717) is 11.5 Å². The van der Waals surface area contributed by atoms with Crippen molar-refractivity contribution < 1.29 is 9.59 Å². The van der Waals surface area contributed by atoms with E-state index < -0.39 is 5.91 Å². The fraction of sp³-hybridized carbons (Fsp3) is 0.500. The number of nitrogens with zero attached hydrogens (tertiary/aromatic N) is 1. The van der Waals surface area contributed by atoms with Crippen molar-refractivity contribution in [2.24, 2.45) is 5.73 Å². The molecule has 1 aromatic heterocycles. The molecule has 0 saturated carbocycles. The third-order valence-corrected chi connectivity index (χ3v) is 4.24.